The van der Waals surface area contributed by atoms with E-state index in [1.54, 1.807) is 7.11 Å². The van der Waals surface area contributed by atoms with E-state index < -0.39 is 0 Å². The molecular formula is C47H49ClN4O3. The highest BCUT2D eigenvalue weighted by molar-refractivity contribution is 6.19. The molecule has 8 bridgehead atoms. The fourth-order valence-electron chi connectivity index (χ4n) is 8.36. The number of aromatic amines is 2. The predicted molar refractivity (Wildman–Crippen MR) is 229 cm³/mol. The Bertz CT molecular complexity index is 2570. The average molecular weight is 753 g/mol. The van der Waals surface area contributed by atoms with Crippen LogP contribution >= 0.6 is 11.6 Å². The summed E-state index contributed by atoms with van der Waals surface area (Å²) in [6.07, 6.45) is 3.12. The van der Waals surface area contributed by atoms with E-state index >= 15 is 0 Å². The largest absolute Gasteiger partial charge is 0.497 e. The molecule has 2 aliphatic heterocycles. The van der Waals surface area contributed by atoms with Crippen LogP contribution in [0, 0.1) is 13.8 Å². The van der Waals surface area contributed by atoms with Crippen molar-refractivity contribution in [3.8, 4) is 28.0 Å². The molecule has 282 valence electrons. The van der Waals surface area contributed by atoms with Gasteiger partial charge in [0, 0.05) is 28.0 Å². The highest BCUT2D eigenvalue weighted by atomic mass is 35.5. The summed E-state index contributed by atoms with van der Waals surface area (Å²) in [6, 6.07) is 20.3. The van der Waals surface area contributed by atoms with Crippen LogP contribution in [0.1, 0.15) is 103 Å². The number of hydrogen-bond acceptors (Lipinski definition) is 5. The first-order valence-corrected chi connectivity index (χ1v) is 19.7. The van der Waals surface area contributed by atoms with Gasteiger partial charge in [-0.2, -0.15) is 0 Å². The van der Waals surface area contributed by atoms with Crippen LogP contribution < -0.4 is 4.74 Å². The number of aryl methyl sites for hydroxylation is 4. The summed E-state index contributed by atoms with van der Waals surface area (Å²) in [7, 11) is 3.10. The number of ether oxygens (including phenoxy) is 2. The van der Waals surface area contributed by atoms with E-state index in [0.717, 1.165) is 109 Å². The van der Waals surface area contributed by atoms with Crippen LogP contribution in [0.2, 0.25) is 0 Å². The standard InChI is InChI=1S/C47H49ClN4O3/c1-10-33-25(4)37-23-38-27(6)35(12-3)45(51-38)42(30-17-19-32(54-8)20-18-30)46-36(21-22-48)28(7)40(52-46)24-39-26(5)34(11-2)44(50-39)41(43(33)49-37)29-13-15-31(16-14-29)47(53)55-9/h13-20,23-24,49-50H,10-12,21-22H2,1-9H3. The van der Waals surface area contributed by atoms with Crippen molar-refractivity contribution in [2.45, 2.75) is 74.1 Å². The number of halogens is 1. The third-order valence-corrected chi connectivity index (χ3v) is 11.6. The Kier molecular flexibility index (Phi) is 10.6. The quantitative estimate of drug-likeness (QED) is 0.115. The Balaban J connectivity index is 1.72. The van der Waals surface area contributed by atoms with Crippen molar-refractivity contribution in [2.75, 3.05) is 20.1 Å². The number of nitrogens with zero attached hydrogens (tertiary/aromatic N) is 2. The first kappa shape index (κ1) is 37.9. The Labute approximate surface area is 328 Å². The van der Waals surface area contributed by atoms with Crippen molar-refractivity contribution >= 4 is 61.9 Å². The van der Waals surface area contributed by atoms with E-state index in [0.29, 0.717) is 17.9 Å². The van der Waals surface area contributed by atoms with Crippen molar-refractivity contribution in [1.29, 1.82) is 0 Å². The lowest BCUT2D eigenvalue weighted by atomic mass is 9.92. The molecule has 5 heterocycles. The second kappa shape index (κ2) is 15.4. The van der Waals surface area contributed by atoms with E-state index in [1.165, 1.54) is 34.9 Å². The van der Waals surface area contributed by atoms with E-state index in [9.17, 15) is 4.79 Å². The lowest BCUT2D eigenvalue weighted by Gasteiger charge is -2.13. The van der Waals surface area contributed by atoms with Crippen LogP contribution in [0.25, 0.3) is 66.6 Å². The Morgan fingerprint density at radius 2 is 1.16 bits per heavy atom. The summed E-state index contributed by atoms with van der Waals surface area (Å²) < 4.78 is 10.6. The normalized spacial score (nSPS) is 12.8. The van der Waals surface area contributed by atoms with Gasteiger partial charge in [-0.25, -0.2) is 14.8 Å². The lowest BCUT2D eigenvalue weighted by molar-refractivity contribution is 0.0600. The molecule has 2 N–H and O–H groups in total. The number of allylic oxidation sites excluding steroid dienone is 4. The highest BCUT2D eigenvalue weighted by Crippen LogP contribution is 2.45. The molecule has 2 aliphatic rings. The van der Waals surface area contributed by atoms with Crippen LogP contribution in [0.4, 0.5) is 0 Å². The predicted octanol–water partition coefficient (Wildman–Crippen LogP) is 12.1. The maximum absolute atomic E-state index is 12.5. The van der Waals surface area contributed by atoms with Gasteiger partial charge in [-0.15, -0.1) is 11.6 Å². The summed E-state index contributed by atoms with van der Waals surface area (Å²) in [5, 5.41) is 0. The summed E-state index contributed by atoms with van der Waals surface area (Å²) in [4.78, 5) is 31.2. The SMILES string of the molecule is CCC1=C(C)c2cc3[nH]c(c(CC)c3C)c(-c3ccc(C(=O)OC)cc3)c3[nH]c(cc4nc(c(-c5ccc(OC)cc5)c1n2)C(CCCl)=C4C)c(C)c3CC. The number of alkyl halides is 1. The third-order valence-electron chi connectivity index (χ3n) is 11.5. The number of carbonyl (C=O) groups is 1. The fraction of sp³-hybridized carbons (Fsp3) is 0.298. The molecule has 7 rings (SSSR count). The molecule has 0 unspecified atom stereocenters. The molecule has 0 spiro atoms. The number of hydrogen-bond donors (Lipinski definition) is 2. The lowest BCUT2D eigenvalue weighted by Crippen LogP contribution is -2.00. The molecule has 7 nitrogen and oxygen atoms in total. The van der Waals surface area contributed by atoms with Crippen LogP contribution in [0.3, 0.4) is 0 Å². The molecule has 0 amide bonds. The summed E-state index contributed by atoms with van der Waals surface area (Å²) >= 11 is 6.56. The first-order chi connectivity index (χ1) is 26.6. The van der Waals surface area contributed by atoms with Crippen LogP contribution in [-0.2, 0) is 17.6 Å². The number of aromatic nitrogens is 4. The Morgan fingerprint density at radius 1 is 0.673 bits per heavy atom. The smallest absolute Gasteiger partial charge is 0.337 e. The molecule has 5 aromatic rings. The molecule has 55 heavy (non-hydrogen) atoms. The van der Waals surface area contributed by atoms with E-state index in [4.69, 9.17) is 31.0 Å². The average Bonchev–Trinajstić information content (AvgIpc) is 3.89. The number of methoxy groups -OCH3 is 2. The van der Waals surface area contributed by atoms with Gasteiger partial charge < -0.3 is 19.4 Å². The summed E-state index contributed by atoms with van der Waals surface area (Å²) in [5.74, 6) is 0.898. The van der Waals surface area contributed by atoms with Gasteiger partial charge in [0.25, 0.3) is 0 Å². The van der Waals surface area contributed by atoms with Gasteiger partial charge in [0.1, 0.15) is 5.75 Å². The van der Waals surface area contributed by atoms with Gasteiger partial charge in [0.2, 0.25) is 0 Å². The zero-order chi connectivity index (χ0) is 39.1. The van der Waals surface area contributed by atoms with Crippen LogP contribution in [0.5, 0.6) is 5.75 Å². The highest BCUT2D eigenvalue weighted by Gasteiger charge is 2.27. The molecule has 2 aromatic carbocycles. The molecule has 0 fully saturated rings. The van der Waals surface area contributed by atoms with E-state index in [2.05, 4.69) is 82.7 Å². The van der Waals surface area contributed by atoms with Gasteiger partial charge >= 0.3 is 5.97 Å². The number of rotatable bonds is 9. The molecule has 3 aromatic heterocycles. The van der Waals surface area contributed by atoms with E-state index in [-0.39, 0.29) is 5.97 Å². The van der Waals surface area contributed by atoms with Crippen molar-refractivity contribution < 1.29 is 14.3 Å². The second-order valence-corrected chi connectivity index (χ2v) is 14.6. The van der Waals surface area contributed by atoms with Crippen molar-refractivity contribution in [3.63, 3.8) is 0 Å². The van der Waals surface area contributed by atoms with Gasteiger partial charge in [0.15, 0.2) is 0 Å². The molecule has 0 atom stereocenters. The van der Waals surface area contributed by atoms with Crippen molar-refractivity contribution in [2.24, 2.45) is 0 Å². The van der Waals surface area contributed by atoms with Gasteiger partial charge in [0.05, 0.1) is 53.6 Å². The number of benzene rings is 2. The minimum atomic E-state index is -0.362. The van der Waals surface area contributed by atoms with E-state index in [1.807, 2.05) is 36.4 Å². The molecule has 8 heteroatoms. The maximum Gasteiger partial charge on any atom is 0.337 e. The monoisotopic (exact) mass is 752 g/mol. The van der Waals surface area contributed by atoms with Crippen molar-refractivity contribution in [3.05, 3.63) is 111 Å². The van der Waals surface area contributed by atoms with Crippen molar-refractivity contribution in [1.82, 2.24) is 19.9 Å². The minimum absolute atomic E-state index is 0.362. The Hall–Kier alpha value is -5.40. The maximum atomic E-state index is 12.5. The first-order valence-electron chi connectivity index (χ1n) is 19.2. The molecule has 0 saturated carbocycles. The van der Waals surface area contributed by atoms with Gasteiger partial charge in [-0.05, 0) is 145 Å². The molecule has 0 aliphatic carbocycles. The number of carbonyl (C=O) groups excluding carboxylic acids is 1. The second-order valence-electron chi connectivity index (χ2n) is 14.3. The van der Waals surface area contributed by atoms with Gasteiger partial charge in [-0.3, -0.25) is 0 Å². The van der Waals surface area contributed by atoms with Gasteiger partial charge in [-0.1, -0.05) is 45.0 Å². The van der Waals surface area contributed by atoms with Crippen LogP contribution in [-0.4, -0.2) is 46.0 Å². The third kappa shape index (κ3) is 6.48. The van der Waals surface area contributed by atoms with Crippen LogP contribution in [0.15, 0.2) is 60.7 Å². The zero-order valence-corrected chi connectivity index (χ0v) is 34.1. The minimum Gasteiger partial charge on any atom is -0.497 e. The number of H-pyrrole nitrogens is 2. The summed E-state index contributed by atoms with van der Waals surface area (Å²) in [5.41, 5.74) is 21.7. The Morgan fingerprint density at radius 3 is 1.64 bits per heavy atom. The molecule has 0 saturated heterocycles. The number of nitrogens with one attached hydrogen (secondary N) is 2. The summed E-state index contributed by atoms with van der Waals surface area (Å²) in [6.45, 7) is 15.3. The fourth-order valence-corrected chi connectivity index (χ4v) is 8.55. The molecule has 0 radical (unpaired) electrons. The topological polar surface area (TPSA) is 92.9 Å². The number of fused-ring (bicyclic) bond motifs is 8. The number of esters is 1. The zero-order valence-electron chi connectivity index (χ0n) is 33.3. The molecular weight excluding hydrogens is 704 g/mol.